The van der Waals surface area contributed by atoms with Gasteiger partial charge in [-0.3, -0.25) is 19.2 Å². The maximum atomic E-state index is 13.4. The van der Waals surface area contributed by atoms with Crippen LogP contribution in [0.5, 0.6) is 0 Å². The molecule has 0 spiro atoms. The second-order valence-electron chi connectivity index (χ2n) is 7.08. The fourth-order valence-corrected chi connectivity index (χ4v) is 2.91. The van der Waals surface area contributed by atoms with Gasteiger partial charge >= 0.3 is 23.9 Å². The molecule has 1 N–H and O–H groups in total. The van der Waals surface area contributed by atoms with Crippen molar-refractivity contribution in [2.75, 3.05) is 20.8 Å². The number of hydrogen-bond acceptors (Lipinski definition) is 7. The van der Waals surface area contributed by atoms with Crippen LogP contribution in [-0.2, 0) is 67.3 Å². The Morgan fingerprint density at radius 2 is 1.16 bits per heavy atom. The Hall–Kier alpha value is -3.27. The number of hydrogen-bond donors (Lipinski definition) is 1. The van der Waals surface area contributed by atoms with Crippen LogP contribution >= 0.6 is 0 Å². The van der Waals surface area contributed by atoms with Crippen molar-refractivity contribution in [1.82, 2.24) is 0 Å². The van der Waals surface area contributed by atoms with Crippen LogP contribution in [0.25, 0.3) is 0 Å². The van der Waals surface area contributed by atoms with E-state index in [1.165, 1.54) is 31.2 Å². The average Bonchev–Trinajstić information content (AvgIpc) is 2.85. The molecule has 1 unspecified atom stereocenters. The molecule has 0 saturated carbocycles. The molecule has 38 heavy (non-hydrogen) atoms. The van der Waals surface area contributed by atoms with E-state index in [1.807, 2.05) is 0 Å². The minimum absolute atomic E-state index is 0. The van der Waals surface area contributed by atoms with E-state index in [9.17, 15) is 36.7 Å². The molecule has 0 aliphatic carbocycles. The van der Waals surface area contributed by atoms with Gasteiger partial charge in [-0.1, -0.05) is 31.7 Å². The van der Waals surface area contributed by atoms with Gasteiger partial charge in [-0.05, 0) is 43.0 Å². The molecular formula is C25H28F4O8W. The molecule has 0 heterocycles. The van der Waals surface area contributed by atoms with Crippen LogP contribution in [0.4, 0.5) is 17.6 Å². The largest absolute Gasteiger partial charge is 0.481 e. The van der Waals surface area contributed by atoms with E-state index in [0.717, 1.165) is 26.4 Å². The summed E-state index contributed by atoms with van der Waals surface area (Å²) in [5.41, 5.74) is -0.258. The molecule has 2 aromatic rings. The van der Waals surface area contributed by atoms with Gasteiger partial charge in [-0.15, -0.1) is 0 Å². The second kappa shape index (κ2) is 18.1. The van der Waals surface area contributed by atoms with E-state index < -0.39 is 65.4 Å². The number of rotatable bonds is 9. The third-order valence-corrected chi connectivity index (χ3v) is 4.75. The SMILES string of the molecule is C.CCOC(=O)C(Cc1cccc(F)c1F)C(=O)O.COC(=O)C(Cc1cccc(F)c1F)C(=O)OC.[W]. The first-order valence-corrected chi connectivity index (χ1v) is 10.4. The first-order valence-electron chi connectivity index (χ1n) is 10.4. The maximum Gasteiger partial charge on any atom is 0.320 e. The van der Waals surface area contributed by atoms with Crippen molar-refractivity contribution in [2.45, 2.75) is 27.2 Å². The molecule has 0 bridgehead atoms. The number of carboxylic acid groups (broad SMARTS) is 1. The van der Waals surface area contributed by atoms with Crippen molar-refractivity contribution >= 4 is 23.9 Å². The molecule has 8 nitrogen and oxygen atoms in total. The van der Waals surface area contributed by atoms with Crippen LogP contribution in [0, 0.1) is 35.1 Å². The standard InChI is InChI=1S/2C12H12F2O4.CH4.W/c1-17-11(15)8(12(16)18-2)6-7-4-3-5-9(13)10(7)14;1-2-18-12(17)8(11(15)16)6-7-4-3-5-9(13)10(7)14;;/h3-5,8H,6H2,1-2H3;3-5,8H,2,6H2,1H3,(H,15,16);1H4;. The number of aliphatic carboxylic acids is 1. The van der Waals surface area contributed by atoms with Gasteiger partial charge in [-0.25, -0.2) is 17.6 Å². The molecule has 0 aliphatic heterocycles. The van der Waals surface area contributed by atoms with Gasteiger partial charge in [0.2, 0.25) is 0 Å². The van der Waals surface area contributed by atoms with Crippen molar-refractivity contribution < 1.29 is 77.1 Å². The summed E-state index contributed by atoms with van der Waals surface area (Å²) in [5, 5.41) is 8.87. The molecule has 2 rings (SSSR count). The Bertz CT molecular complexity index is 1080. The second-order valence-corrected chi connectivity index (χ2v) is 7.08. The van der Waals surface area contributed by atoms with Crippen molar-refractivity contribution in [3.05, 3.63) is 70.8 Å². The van der Waals surface area contributed by atoms with Crippen LogP contribution in [-0.4, -0.2) is 49.8 Å². The van der Waals surface area contributed by atoms with Gasteiger partial charge in [-0.2, -0.15) is 0 Å². The van der Waals surface area contributed by atoms with Crippen LogP contribution in [0.3, 0.4) is 0 Å². The average molecular weight is 716 g/mol. The number of ether oxygens (including phenoxy) is 3. The number of carboxylic acids is 1. The van der Waals surface area contributed by atoms with Gasteiger partial charge in [0.05, 0.1) is 20.8 Å². The zero-order valence-electron chi connectivity index (χ0n) is 20.0. The molecule has 1 atom stereocenters. The van der Waals surface area contributed by atoms with Crippen molar-refractivity contribution in [3.8, 4) is 0 Å². The van der Waals surface area contributed by atoms with Gasteiger partial charge < -0.3 is 19.3 Å². The molecule has 210 valence electrons. The van der Waals surface area contributed by atoms with Gasteiger partial charge in [0.15, 0.2) is 35.1 Å². The van der Waals surface area contributed by atoms with E-state index in [1.54, 1.807) is 0 Å². The van der Waals surface area contributed by atoms with E-state index in [0.29, 0.717) is 0 Å². The first kappa shape index (κ1) is 36.9. The number of halogens is 4. The summed E-state index contributed by atoms with van der Waals surface area (Å²) in [6, 6.07) is 6.92. The molecule has 2 aromatic carbocycles. The summed E-state index contributed by atoms with van der Waals surface area (Å²) < 4.78 is 66.1. The Morgan fingerprint density at radius 1 is 0.763 bits per heavy atom. The Labute approximate surface area is 231 Å². The zero-order valence-corrected chi connectivity index (χ0v) is 22.9. The van der Waals surface area contributed by atoms with Crippen LogP contribution < -0.4 is 0 Å². The van der Waals surface area contributed by atoms with Crippen molar-refractivity contribution in [3.63, 3.8) is 0 Å². The summed E-state index contributed by atoms with van der Waals surface area (Å²) in [4.78, 5) is 45.0. The summed E-state index contributed by atoms with van der Waals surface area (Å²) in [6.45, 7) is 1.55. The van der Waals surface area contributed by atoms with Gasteiger partial charge in [0.1, 0.15) is 0 Å². The number of carbonyl (C=O) groups is 4. The fraction of sp³-hybridized carbons (Fsp3) is 0.360. The van der Waals surface area contributed by atoms with Crippen molar-refractivity contribution in [1.29, 1.82) is 0 Å². The fourth-order valence-electron chi connectivity index (χ4n) is 2.91. The summed E-state index contributed by atoms with van der Waals surface area (Å²) >= 11 is 0. The monoisotopic (exact) mass is 716 g/mol. The molecule has 13 heteroatoms. The number of methoxy groups -OCH3 is 2. The molecular weight excluding hydrogens is 688 g/mol. The molecule has 0 amide bonds. The molecule has 0 saturated heterocycles. The minimum Gasteiger partial charge on any atom is -0.481 e. The predicted molar refractivity (Wildman–Crippen MR) is 122 cm³/mol. The molecule has 0 radical (unpaired) electrons. The number of benzene rings is 2. The van der Waals surface area contributed by atoms with Gasteiger partial charge in [0.25, 0.3) is 0 Å². The van der Waals surface area contributed by atoms with Crippen LogP contribution in [0.1, 0.15) is 25.5 Å². The van der Waals surface area contributed by atoms with Crippen molar-refractivity contribution in [2.24, 2.45) is 11.8 Å². The van der Waals surface area contributed by atoms with Gasteiger partial charge in [0, 0.05) is 21.1 Å². The topological polar surface area (TPSA) is 116 Å². The van der Waals surface area contributed by atoms with Crippen LogP contribution in [0.2, 0.25) is 0 Å². The first-order chi connectivity index (χ1) is 17.0. The number of carbonyl (C=O) groups excluding carboxylic acids is 3. The Kier molecular flexibility index (Phi) is 17.5. The Morgan fingerprint density at radius 3 is 1.50 bits per heavy atom. The molecule has 0 aromatic heterocycles. The minimum atomic E-state index is -1.54. The maximum absolute atomic E-state index is 13.4. The summed E-state index contributed by atoms with van der Waals surface area (Å²) in [6.07, 6.45) is -0.763. The summed E-state index contributed by atoms with van der Waals surface area (Å²) in [5.74, 6) is -11.3. The normalized spacial score (nSPS) is 10.5. The van der Waals surface area contributed by atoms with E-state index in [-0.39, 0.29) is 52.6 Å². The van der Waals surface area contributed by atoms with E-state index in [4.69, 9.17) is 5.11 Å². The smallest absolute Gasteiger partial charge is 0.320 e. The van der Waals surface area contributed by atoms with Crippen LogP contribution in [0.15, 0.2) is 36.4 Å². The summed E-state index contributed by atoms with van der Waals surface area (Å²) in [7, 11) is 2.19. The quantitative estimate of drug-likeness (QED) is 0.180. The third kappa shape index (κ3) is 10.6. The third-order valence-electron chi connectivity index (χ3n) is 4.75. The molecule has 0 fully saturated rings. The Balaban J connectivity index is 0. The molecule has 0 aliphatic rings. The zero-order chi connectivity index (χ0) is 27.4. The van der Waals surface area contributed by atoms with E-state index in [2.05, 4.69) is 14.2 Å². The predicted octanol–water partition coefficient (Wildman–Crippen LogP) is 3.87. The number of esters is 3. The van der Waals surface area contributed by atoms with E-state index >= 15 is 0 Å².